The topological polar surface area (TPSA) is 18.5 Å². The van der Waals surface area contributed by atoms with Gasteiger partial charge in [-0.25, -0.2) is 0 Å². The molecule has 0 aromatic heterocycles. The van der Waals surface area contributed by atoms with Gasteiger partial charge in [0.2, 0.25) is 0 Å². The third-order valence-corrected chi connectivity index (χ3v) is 4.40. The van der Waals surface area contributed by atoms with Gasteiger partial charge in [-0.05, 0) is 67.4 Å². The van der Waals surface area contributed by atoms with E-state index in [0.29, 0.717) is 0 Å². The van der Waals surface area contributed by atoms with E-state index in [4.69, 9.17) is 9.47 Å². The van der Waals surface area contributed by atoms with Crippen LogP contribution in [0.15, 0.2) is 72.8 Å². The largest absolute Gasteiger partial charge is 0.429 e. The van der Waals surface area contributed by atoms with Crippen LogP contribution in [0.3, 0.4) is 0 Å². The molecule has 3 rings (SSSR count). The van der Waals surface area contributed by atoms with Gasteiger partial charge in [-0.2, -0.15) is 17.6 Å². The van der Waals surface area contributed by atoms with Crippen LogP contribution in [0.1, 0.15) is 29.2 Å². The Hall–Kier alpha value is -3.02. The molecule has 3 aromatic carbocycles. The van der Waals surface area contributed by atoms with E-state index in [1.165, 1.54) is 24.3 Å². The van der Waals surface area contributed by atoms with E-state index in [9.17, 15) is 17.6 Å². The summed E-state index contributed by atoms with van der Waals surface area (Å²) in [7, 11) is 0. The minimum atomic E-state index is -3.67. The molecule has 0 fully saturated rings. The average molecular weight is 404 g/mol. The predicted octanol–water partition coefficient (Wildman–Crippen LogP) is 6.81. The molecule has 2 nitrogen and oxygen atoms in total. The van der Waals surface area contributed by atoms with Crippen LogP contribution in [0.2, 0.25) is 0 Å². The summed E-state index contributed by atoms with van der Waals surface area (Å²) >= 11 is 0. The highest BCUT2D eigenvalue weighted by atomic mass is 19.3. The van der Waals surface area contributed by atoms with Crippen molar-refractivity contribution in [2.24, 2.45) is 0 Å². The monoisotopic (exact) mass is 404 g/mol. The minimum absolute atomic E-state index is 0.00990. The second-order valence-corrected chi connectivity index (χ2v) is 6.63. The summed E-state index contributed by atoms with van der Waals surface area (Å²) in [5.41, 5.74) is 0.814. The number of ether oxygens (including phenoxy) is 2. The molecule has 0 radical (unpaired) electrons. The molecule has 0 saturated heterocycles. The van der Waals surface area contributed by atoms with Gasteiger partial charge in [0.05, 0.1) is 11.1 Å². The van der Waals surface area contributed by atoms with Gasteiger partial charge in [0.25, 0.3) is 0 Å². The van der Waals surface area contributed by atoms with E-state index in [0.717, 1.165) is 41.8 Å². The van der Waals surface area contributed by atoms with Gasteiger partial charge < -0.3 is 9.47 Å². The number of rotatable bonds is 7. The summed E-state index contributed by atoms with van der Waals surface area (Å²) in [5.74, 6) is -0.0295. The van der Waals surface area contributed by atoms with Crippen LogP contribution in [0.5, 0.6) is 11.5 Å². The van der Waals surface area contributed by atoms with E-state index in [1.54, 1.807) is 24.3 Å². The number of benzene rings is 3. The lowest BCUT2D eigenvalue weighted by molar-refractivity contribution is -0.188. The van der Waals surface area contributed by atoms with Crippen LogP contribution in [-0.2, 0) is 18.6 Å². The lowest BCUT2D eigenvalue weighted by Crippen LogP contribution is -2.24. The Morgan fingerprint density at radius 3 is 1.38 bits per heavy atom. The van der Waals surface area contributed by atoms with E-state index < -0.39 is 23.3 Å². The maximum absolute atomic E-state index is 14.4. The molecule has 6 heteroatoms. The molecule has 0 amide bonds. The Bertz CT molecular complexity index is 934. The number of alkyl halides is 4. The summed E-state index contributed by atoms with van der Waals surface area (Å²) in [6, 6.07) is 16.0. The van der Waals surface area contributed by atoms with Crippen LogP contribution in [-0.4, -0.2) is 0 Å². The van der Waals surface area contributed by atoms with E-state index >= 15 is 0 Å². The average Bonchev–Trinajstić information content (AvgIpc) is 2.70. The lowest BCUT2D eigenvalue weighted by Gasteiger charge is -2.21. The van der Waals surface area contributed by atoms with Gasteiger partial charge in [-0.1, -0.05) is 36.8 Å². The fraction of sp³-hybridized carbons (Fsp3) is 0.217. The second-order valence-electron chi connectivity index (χ2n) is 6.63. The van der Waals surface area contributed by atoms with Crippen molar-refractivity contribution in [1.29, 1.82) is 0 Å². The molecule has 0 saturated carbocycles. The molecule has 0 N–H and O–H groups in total. The highest BCUT2D eigenvalue weighted by Gasteiger charge is 2.38. The van der Waals surface area contributed by atoms with Gasteiger partial charge in [0, 0.05) is 0 Å². The van der Waals surface area contributed by atoms with E-state index in [1.807, 2.05) is 13.8 Å². The highest BCUT2D eigenvalue weighted by Crippen LogP contribution is 2.35. The lowest BCUT2D eigenvalue weighted by atomic mass is 10.1. The molecule has 0 aliphatic rings. The summed E-state index contributed by atoms with van der Waals surface area (Å²) in [5, 5.41) is 0. The van der Waals surface area contributed by atoms with Crippen LogP contribution in [0.4, 0.5) is 17.6 Å². The second kappa shape index (κ2) is 8.15. The van der Waals surface area contributed by atoms with Crippen molar-refractivity contribution in [3.05, 3.63) is 95.1 Å². The van der Waals surface area contributed by atoms with Crippen molar-refractivity contribution in [2.75, 3.05) is 0 Å². The first-order chi connectivity index (χ1) is 13.7. The molecule has 0 heterocycles. The van der Waals surface area contributed by atoms with E-state index in [2.05, 4.69) is 0 Å². The van der Waals surface area contributed by atoms with Crippen LogP contribution in [0.25, 0.3) is 0 Å². The maximum atomic E-state index is 14.4. The molecule has 29 heavy (non-hydrogen) atoms. The van der Waals surface area contributed by atoms with Crippen LogP contribution in [0, 0.1) is 6.92 Å². The third kappa shape index (κ3) is 5.08. The highest BCUT2D eigenvalue weighted by molar-refractivity contribution is 5.32. The SMILES string of the molecule is CCc1ccc(OC(F)(F)c2ccc(C(F)(F)Oc3ccc(C)cc3)cc2)cc1. The standard InChI is InChI=1S/C23H20F4O2/c1-3-17-6-14-21(15-7-17)29-23(26,27)19-10-8-18(9-11-19)22(24,25)28-20-12-4-16(2)5-13-20/h4-15H,3H2,1-2H3. The molecule has 0 spiro atoms. The van der Waals surface area contributed by atoms with Crippen molar-refractivity contribution in [1.82, 2.24) is 0 Å². The molecular formula is C23H20F4O2. The van der Waals surface area contributed by atoms with Crippen molar-refractivity contribution >= 4 is 0 Å². The van der Waals surface area contributed by atoms with Crippen LogP contribution < -0.4 is 9.47 Å². The number of hydrogen-bond acceptors (Lipinski definition) is 2. The number of hydrogen-bond donors (Lipinski definition) is 0. The predicted molar refractivity (Wildman–Crippen MR) is 102 cm³/mol. The summed E-state index contributed by atoms with van der Waals surface area (Å²) in [6.45, 7) is 3.77. The Kier molecular flexibility index (Phi) is 5.82. The van der Waals surface area contributed by atoms with Gasteiger partial charge in [-0.15, -0.1) is 0 Å². The molecular weight excluding hydrogens is 384 g/mol. The molecule has 0 unspecified atom stereocenters. The first-order valence-electron chi connectivity index (χ1n) is 9.10. The molecule has 0 bridgehead atoms. The van der Waals surface area contributed by atoms with Crippen molar-refractivity contribution in [2.45, 2.75) is 32.5 Å². The summed E-state index contributed by atoms with van der Waals surface area (Å²) in [4.78, 5) is 0. The molecule has 0 aliphatic heterocycles. The summed E-state index contributed by atoms with van der Waals surface area (Å²) < 4.78 is 67.0. The smallest absolute Gasteiger partial charge is 0.426 e. The zero-order chi connectivity index (χ0) is 21.1. The third-order valence-electron chi connectivity index (χ3n) is 4.40. The molecule has 3 aromatic rings. The fourth-order valence-corrected chi connectivity index (χ4v) is 2.67. The van der Waals surface area contributed by atoms with Gasteiger partial charge in [-0.3, -0.25) is 0 Å². The van der Waals surface area contributed by atoms with Crippen molar-refractivity contribution in [3.8, 4) is 11.5 Å². The Morgan fingerprint density at radius 1 is 0.621 bits per heavy atom. The Morgan fingerprint density at radius 2 is 1.00 bits per heavy atom. The Balaban J connectivity index is 1.74. The zero-order valence-electron chi connectivity index (χ0n) is 16.0. The first kappa shape index (κ1) is 20.7. The quantitative estimate of drug-likeness (QED) is 0.403. The number of halogens is 4. The van der Waals surface area contributed by atoms with Gasteiger partial charge in [0.15, 0.2) is 0 Å². The van der Waals surface area contributed by atoms with Gasteiger partial charge >= 0.3 is 12.2 Å². The van der Waals surface area contributed by atoms with Crippen molar-refractivity contribution in [3.63, 3.8) is 0 Å². The van der Waals surface area contributed by atoms with Gasteiger partial charge in [0.1, 0.15) is 11.5 Å². The molecule has 0 atom stereocenters. The minimum Gasteiger partial charge on any atom is -0.429 e. The number of aryl methyl sites for hydroxylation is 2. The first-order valence-corrected chi connectivity index (χ1v) is 9.10. The normalized spacial score (nSPS) is 11.9. The molecule has 152 valence electrons. The van der Waals surface area contributed by atoms with Crippen molar-refractivity contribution < 1.29 is 27.0 Å². The maximum Gasteiger partial charge on any atom is 0.426 e. The zero-order valence-corrected chi connectivity index (χ0v) is 16.0. The van der Waals surface area contributed by atoms with Crippen LogP contribution >= 0.6 is 0 Å². The summed E-state index contributed by atoms with van der Waals surface area (Å²) in [6.07, 6.45) is -6.56. The van der Waals surface area contributed by atoms with E-state index in [-0.39, 0.29) is 11.5 Å². The molecule has 0 aliphatic carbocycles. The Labute approximate surface area is 166 Å². The fourth-order valence-electron chi connectivity index (χ4n) is 2.67.